The van der Waals surface area contributed by atoms with Crippen molar-refractivity contribution in [3.8, 4) is 11.5 Å². The van der Waals surface area contributed by atoms with Crippen molar-refractivity contribution in [1.29, 1.82) is 0 Å². The summed E-state index contributed by atoms with van der Waals surface area (Å²) in [6.07, 6.45) is 10.7. The average Bonchev–Trinajstić information content (AvgIpc) is 3.02. The lowest BCUT2D eigenvalue weighted by atomic mass is 9.92. The number of piperidine rings is 1. The van der Waals surface area contributed by atoms with Gasteiger partial charge < -0.3 is 33.5 Å². The van der Waals surface area contributed by atoms with Gasteiger partial charge >= 0.3 is 0 Å². The molecule has 4 heterocycles. The average molecular weight is 546 g/mol. The molecule has 4 aliphatic heterocycles. The number of ether oxygens (including phenoxy) is 5. The Hall–Kier alpha value is -3.33. The van der Waals surface area contributed by atoms with Gasteiger partial charge in [-0.2, -0.15) is 0 Å². The molecule has 2 fully saturated rings. The lowest BCUT2D eigenvalue weighted by Crippen LogP contribution is -2.39. The van der Waals surface area contributed by atoms with E-state index in [2.05, 4.69) is 45.1 Å². The van der Waals surface area contributed by atoms with E-state index in [4.69, 9.17) is 23.7 Å². The molecule has 2 saturated heterocycles. The van der Waals surface area contributed by atoms with Crippen molar-refractivity contribution >= 4 is 17.5 Å². The first kappa shape index (κ1) is 26.9. The Bertz CT molecular complexity index is 1240. The number of nitrogens with zero attached hydrogens (tertiary/aromatic N) is 3. The largest absolute Gasteiger partial charge is 0.487 e. The molecule has 2 aromatic carbocycles. The van der Waals surface area contributed by atoms with E-state index in [-0.39, 0.29) is 12.6 Å². The van der Waals surface area contributed by atoms with Crippen molar-refractivity contribution in [2.24, 2.45) is 10.9 Å². The number of hydrogen-bond donors (Lipinski definition) is 0. The van der Waals surface area contributed by atoms with Crippen molar-refractivity contribution < 1.29 is 23.7 Å². The highest BCUT2D eigenvalue weighted by atomic mass is 16.7. The van der Waals surface area contributed by atoms with E-state index >= 15 is 0 Å². The Labute approximate surface area is 236 Å². The van der Waals surface area contributed by atoms with E-state index in [1.807, 2.05) is 30.7 Å². The summed E-state index contributed by atoms with van der Waals surface area (Å²) < 4.78 is 29.3. The molecule has 0 aromatic heterocycles. The van der Waals surface area contributed by atoms with E-state index in [1.54, 1.807) is 14.2 Å². The fourth-order valence-corrected chi connectivity index (χ4v) is 6.11. The summed E-state index contributed by atoms with van der Waals surface area (Å²) >= 11 is 0. The number of anilines is 1. The number of aliphatic imine (C=N–C) groups is 1. The third-order valence-electron chi connectivity index (χ3n) is 8.25. The second kappa shape index (κ2) is 12.5. The first-order valence-electron chi connectivity index (χ1n) is 14.4. The molecule has 8 heteroatoms. The lowest BCUT2D eigenvalue weighted by Gasteiger charge is -2.36. The Morgan fingerprint density at radius 3 is 2.50 bits per heavy atom. The molecule has 0 spiro atoms. The summed E-state index contributed by atoms with van der Waals surface area (Å²) in [5.41, 5.74) is 5.77. The Morgan fingerprint density at radius 1 is 0.975 bits per heavy atom. The zero-order chi connectivity index (χ0) is 27.3. The van der Waals surface area contributed by atoms with Crippen LogP contribution in [0.15, 0.2) is 65.6 Å². The fourth-order valence-electron chi connectivity index (χ4n) is 6.11. The van der Waals surface area contributed by atoms with Crippen LogP contribution in [0.5, 0.6) is 11.5 Å². The van der Waals surface area contributed by atoms with Gasteiger partial charge in [-0.15, -0.1) is 0 Å². The van der Waals surface area contributed by atoms with Gasteiger partial charge in [0.1, 0.15) is 18.1 Å². The molecule has 1 unspecified atom stereocenters. The van der Waals surface area contributed by atoms with Crippen LogP contribution in [0.1, 0.15) is 43.2 Å². The molecule has 0 saturated carbocycles. The molecule has 2 aromatic rings. The Balaban J connectivity index is 1.25. The van der Waals surface area contributed by atoms with Crippen LogP contribution in [0, 0.1) is 5.92 Å². The highest BCUT2D eigenvalue weighted by Gasteiger charge is 2.28. The van der Waals surface area contributed by atoms with Crippen molar-refractivity contribution in [3.05, 3.63) is 71.7 Å². The van der Waals surface area contributed by atoms with E-state index < -0.39 is 0 Å². The van der Waals surface area contributed by atoms with Crippen molar-refractivity contribution in [1.82, 2.24) is 4.90 Å². The SMILES string of the molecule is COC(OC)C1CCN(c2ccc(C3=C(N4C=CN=CC4)COc4cc(OC5CCCCO5)ccc43)cc2)CC1. The number of fused-ring (bicyclic) bond motifs is 1. The molecule has 1 atom stereocenters. The van der Waals surface area contributed by atoms with Crippen LogP contribution in [0.3, 0.4) is 0 Å². The first-order valence-corrected chi connectivity index (χ1v) is 14.4. The standard InChI is InChI=1S/C32H39N3O5/c1-36-32(37-2)24-12-16-34(17-13-24)25-8-6-23(7-9-25)31-27-11-10-26(40-30-5-3-4-20-38-30)21-29(27)39-22-28(31)35-18-14-33-15-19-35/h6-11,14-15,18,21,24,30,32H,3-5,12-13,16-17,19-20,22H2,1-2H3. The number of methoxy groups -OCH3 is 2. The van der Waals surface area contributed by atoms with Gasteiger partial charge in [-0.3, -0.25) is 4.99 Å². The van der Waals surface area contributed by atoms with Gasteiger partial charge in [0.25, 0.3) is 0 Å². The maximum atomic E-state index is 6.31. The lowest BCUT2D eigenvalue weighted by molar-refractivity contribution is -0.141. The van der Waals surface area contributed by atoms with E-state index in [0.717, 1.165) is 80.1 Å². The fraction of sp³-hybridized carbons (Fsp3) is 0.469. The highest BCUT2D eigenvalue weighted by molar-refractivity contribution is 5.87. The molecule has 212 valence electrons. The minimum absolute atomic E-state index is 0.126. The van der Waals surface area contributed by atoms with Crippen LogP contribution in [0.2, 0.25) is 0 Å². The second-order valence-corrected chi connectivity index (χ2v) is 10.7. The van der Waals surface area contributed by atoms with Crippen molar-refractivity contribution in [2.75, 3.05) is 52.0 Å². The van der Waals surface area contributed by atoms with Gasteiger partial charge in [-0.1, -0.05) is 12.1 Å². The van der Waals surface area contributed by atoms with Gasteiger partial charge in [0.2, 0.25) is 0 Å². The summed E-state index contributed by atoms with van der Waals surface area (Å²) in [5, 5.41) is 0. The quantitative estimate of drug-likeness (QED) is 0.410. The van der Waals surface area contributed by atoms with Crippen LogP contribution in [0.25, 0.3) is 5.57 Å². The maximum absolute atomic E-state index is 6.31. The monoisotopic (exact) mass is 545 g/mol. The Morgan fingerprint density at radius 2 is 1.80 bits per heavy atom. The third kappa shape index (κ3) is 5.75. The molecule has 40 heavy (non-hydrogen) atoms. The normalized spacial score (nSPS) is 21.5. The van der Waals surface area contributed by atoms with Crippen LogP contribution < -0.4 is 14.4 Å². The number of hydrogen-bond acceptors (Lipinski definition) is 8. The first-order chi connectivity index (χ1) is 19.7. The van der Waals surface area contributed by atoms with Gasteiger partial charge in [0.15, 0.2) is 12.6 Å². The molecule has 0 aliphatic carbocycles. The summed E-state index contributed by atoms with van der Waals surface area (Å²) in [6.45, 7) is 3.92. The zero-order valence-corrected chi connectivity index (χ0v) is 23.5. The van der Waals surface area contributed by atoms with Gasteiger partial charge in [0.05, 0.1) is 18.8 Å². The summed E-state index contributed by atoms with van der Waals surface area (Å²) in [7, 11) is 3.45. The molecular weight excluding hydrogens is 506 g/mol. The number of benzene rings is 2. The van der Waals surface area contributed by atoms with Gasteiger partial charge in [-0.05, 0) is 55.5 Å². The minimum Gasteiger partial charge on any atom is -0.487 e. The molecule has 6 rings (SSSR count). The minimum atomic E-state index is -0.189. The predicted octanol–water partition coefficient (Wildman–Crippen LogP) is 5.44. The molecule has 0 N–H and O–H groups in total. The zero-order valence-electron chi connectivity index (χ0n) is 23.5. The van der Waals surface area contributed by atoms with Crippen LogP contribution in [-0.2, 0) is 14.2 Å². The van der Waals surface area contributed by atoms with Crippen molar-refractivity contribution in [2.45, 2.75) is 44.7 Å². The molecular formula is C32H39N3O5. The van der Waals surface area contributed by atoms with Crippen LogP contribution >= 0.6 is 0 Å². The summed E-state index contributed by atoms with van der Waals surface area (Å²) in [4.78, 5) is 8.93. The maximum Gasteiger partial charge on any atom is 0.199 e. The smallest absolute Gasteiger partial charge is 0.199 e. The van der Waals surface area contributed by atoms with E-state index in [9.17, 15) is 0 Å². The topological polar surface area (TPSA) is 65.0 Å². The molecule has 8 nitrogen and oxygen atoms in total. The van der Waals surface area contributed by atoms with E-state index in [1.165, 1.54) is 11.3 Å². The van der Waals surface area contributed by atoms with Crippen LogP contribution in [0.4, 0.5) is 5.69 Å². The molecule has 0 amide bonds. The Kier molecular flexibility index (Phi) is 8.37. The second-order valence-electron chi connectivity index (χ2n) is 10.7. The van der Waals surface area contributed by atoms with Crippen LogP contribution in [-0.4, -0.2) is 70.8 Å². The molecule has 0 bridgehead atoms. The molecule has 4 aliphatic rings. The van der Waals surface area contributed by atoms with E-state index in [0.29, 0.717) is 19.1 Å². The highest BCUT2D eigenvalue weighted by Crippen LogP contribution is 2.41. The van der Waals surface area contributed by atoms with Gasteiger partial charge in [0, 0.05) is 81.2 Å². The van der Waals surface area contributed by atoms with Crippen molar-refractivity contribution in [3.63, 3.8) is 0 Å². The summed E-state index contributed by atoms with van der Waals surface area (Å²) in [5.74, 6) is 2.04. The predicted molar refractivity (Wildman–Crippen MR) is 156 cm³/mol. The number of rotatable bonds is 8. The summed E-state index contributed by atoms with van der Waals surface area (Å²) in [6, 6.07) is 15.1. The molecule has 0 radical (unpaired) electrons. The third-order valence-corrected chi connectivity index (χ3v) is 8.25. The van der Waals surface area contributed by atoms with Gasteiger partial charge in [-0.25, -0.2) is 0 Å².